The normalized spacial score (nSPS) is 10.7. The molecule has 0 N–H and O–H groups in total. The van der Waals surface area contributed by atoms with Crippen LogP contribution in [0.15, 0.2) is 34.9 Å². The van der Waals surface area contributed by atoms with Gasteiger partial charge in [0.1, 0.15) is 10.4 Å². The second kappa shape index (κ2) is 4.83. The highest BCUT2D eigenvalue weighted by molar-refractivity contribution is 9.10. The molecule has 0 fully saturated rings. The molecule has 2 rings (SSSR count). The molecule has 1 aromatic carbocycles. The van der Waals surface area contributed by atoms with Crippen LogP contribution in [-0.2, 0) is 19.9 Å². The number of benzene rings is 1. The molecule has 0 radical (unpaired) electrons. The first-order valence-electron chi connectivity index (χ1n) is 5.40. The third-order valence-electron chi connectivity index (χ3n) is 2.88. The largest absolute Gasteiger partial charge is 0.334 e. The summed E-state index contributed by atoms with van der Waals surface area (Å²) in [6.45, 7) is 2.02. The lowest BCUT2D eigenvalue weighted by atomic mass is 10.1. The summed E-state index contributed by atoms with van der Waals surface area (Å²) in [5, 5.41) is 0. The maximum Gasteiger partial charge on any atom is 0.127 e. The summed E-state index contributed by atoms with van der Waals surface area (Å²) in [4.78, 5) is 4.40. The van der Waals surface area contributed by atoms with Gasteiger partial charge in [0.2, 0.25) is 0 Å². The molecule has 0 atom stereocenters. The zero-order chi connectivity index (χ0) is 11.5. The summed E-state index contributed by atoms with van der Waals surface area (Å²) in [5.74, 6) is 1.05. The Morgan fingerprint density at radius 2 is 1.88 bits per heavy atom. The first-order chi connectivity index (χ1) is 7.68. The molecule has 0 aliphatic heterocycles. The Bertz CT molecular complexity index is 474. The third-order valence-corrected chi connectivity index (χ3v) is 3.52. The second-order valence-electron chi connectivity index (χ2n) is 3.94. The minimum absolute atomic E-state index is 0.975. The average molecular weight is 279 g/mol. The Morgan fingerprint density at radius 3 is 2.44 bits per heavy atom. The maximum absolute atomic E-state index is 4.40. The van der Waals surface area contributed by atoms with Crippen molar-refractivity contribution >= 4 is 15.9 Å². The lowest BCUT2D eigenvalue weighted by Gasteiger charge is -2.04. The number of aromatic nitrogens is 2. The van der Waals surface area contributed by atoms with Crippen molar-refractivity contribution in [2.45, 2.75) is 19.8 Å². The van der Waals surface area contributed by atoms with Gasteiger partial charge in [-0.05, 0) is 41.3 Å². The van der Waals surface area contributed by atoms with Crippen molar-refractivity contribution < 1.29 is 0 Å². The molecule has 16 heavy (non-hydrogen) atoms. The highest BCUT2D eigenvalue weighted by atomic mass is 79.9. The lowest BCUT2D eigenvalue weighted by molar-refractivity contribution is 0.771. The van der Waals surface area contributed by atoms with Crippen molar-refractivity contribution in [1.29, 1.82) is 0 Å². The first kappa shape index (κ1) is 11.4. The van der Waals surface area contributed by atoms with Crippen LogP contribution in [0.2, 0.25) is 0 Å². The van der Waals surface area contributed by atoms with Crippen molar-refractivity contribution in [3.8, 4) is 0 Å². The van der Waals surface area contributed by atoms with Crippen LogP contribution in [0.4, 0.5) is 0 Å². The standard InChI is InChI=1S/C13H15BrN2/c1-10-15-13(14)12(16(10)2)9-8-11-6-4-3-5-7-11/h3-7H,8-9H2,1-2H3. The molecule has 0 bridgehead atoms. The van der Waals surface area contributed by atoms with Gasteiger partial charge in [-0.1, -0.05) is 30.3 Å². The molecule has 0 aliphatic rings. The molecular formula is C13H15BrN2. The summed E-state index contributed by atoms with van der Waals surface area (Å²) in [6.07, 6.45) is 2.07. The predicted molar refractivity (Wildman–Crippen MR) is 69.5 cm³/mol. The van der Waals surface area contributed by atoms with Gasteiger partial charge in [0, 0.05) is 7.05 Å². The average Bonchev–Trinajstić information content (AvgIpc) is 2.53. The fourth-order valence-corrected chi connectivity index (χ4v) is 2.51. The van der Waals surface area contributed by atoms with Crippen LogP contribution in [0, 0.1) is 6.92 Å². The second-order valence-corrected chi connectivity index (χ2v) is 4.69. The highest BCUT2D eigenvalue weighted by Gasteiger charge is 2.09. The highest BCUT2D eigenvalue weighted by Crippen LogP contribution is 2.18. The Balaban J connectivity index is 2.11. The molecule has 0 unspecified atom stereocenters. The Kier molecular flexibility index (Phi) is 3.44. The molecule has 1 heterocycles. The zero-order valence-electron chi connectivity index (χ0n) is 9.57. The van der Waals surface area contributed by atoms with E-state index in [0.29, 0.717) is 0 Å². The van der Waals surface area contributed by atoms with Crippen molar-refractivity contribution in [2.24, 2.45) is 7.05 Å². The predicted octanol–water partition coefficient (Wildman–Crippen LogP) is 3.28. The summed E-state index contributed by atoms with van der Waals surface area (Å²) < 4.78 is 3.12. The van der Waals surface area contributed by atoms with E-state index >= 15 is 0 Å². The van der Waals surface area contributed by atoms with Crippen LogP contribution < -0.4 is 0 Å². The van der Waals surface area contributed by atoms with Crippen LogP contribution >= 0.6 is 15.9 Å². The molecule has 1 aromatic heterocycles. The van der Waals surface area contributed by atoms with Crippen LogP contribution in [0.5, 0.6) is 0 Å². The number of imidazole rings is 1. The summed E-state index contributed by atoms with van der Waals surface area (Å²) in [7, 11) is 2.06. The Morgan fingerprint density at radius 1 is 1.19 bits per heavy atom. The molecule has 0 saturated carbocycles. The summed E-state index contributed by atoms with van der Waals surface area (Å²) in [6, 6.07) is 10.5. The van der Waals surface area contributed by atoms with E-state index in [2.05, 4.69) is 56.8 Å². The van der Waals surface area contributed by atoms with Gasteiger partial charge in [0.25, 0.3) is 0 Å². The monoisotopic (exact) mass is 278 g/mol. The smallest absolute Gasteiger partial charge is 0.127 e. The van der Waals surface area contributed by atoms with Gasteiger partial charge in [0.15, 0.2) is 0 Å². The van der Waals surface area contributed by atoms with Gasteiger partial charge >= 0.3 is 0 Å². The number of halogens is 1. The molecular weight excluding hydrogens is 264 g/mol. The summed E-state index contributed by atoms with van der Waals surface area (Å²) >= 11 is 3.51. The number of hydrogen-bond donors (Lipinski definition) is 0. The van der Waals surface area contributed by atoms with E-state index in [4.69, 9.17) is 0 Å². The maximum atomic E-state index is 4.40. The third kappa shape index (κ3) is 2.35. The topological polar surface area (TPSA) is 17.8 Å². The molecule has 0 saturated heterocycles. The van der Waals surface area contributed by atoms with Gasteiger partial charge in [-0.25, -0.2) is 4.98 Å². The first-order valence-corrected chi connectivity index (χ1v) is 6.19. The lowest BCUT2D eigenvalue weighted by Crippen LogP contribution is -2.01. The van der Waals surface area contributed by atoms with E-state index in [1.165, 1.54) is 11.3 Å². The van der Waals surface area contributed by atoms with E-state index in [1.54, 1.807) is 0 Å². The Labute approximate surface area is 104 Å². The molecule has 2 nitrogen and oxygen atoms in total. The number of rotatable bonds is 3. The molecule has 0 spiro atoms. The van der Waals surface area contributed by atoms with Gasteiger partial charge in [0.05, 0.1) is 5.69 Å². The van der Waals surface area contributed by atoms with E-state index in [9.17, 15) is 0 Å². The van der Waals surface area contributed by atoms with Crippen molar-refractivity contribution in [2.75, 3.05) is 0 Å². The SMILES string of the molecule is Cc1nc(Br)c(CCc2ccccc2)n1C. The molecule has 0 amide bonds. The van der Waals surface area contributed by atoms with Crippen LogP contribution in [0.1, 0.15) is 17.1 Å². The Hall–Kier alpha value is -1.09. The fraction of sp³-hybridized carbons (Fsp3) is 0.308. The minimum atomic E-state index is 0.975. The number of hydrogen-bond acceptors (Lipinski definition) is 1. The van der Waals surface area contributed by atoms with Crippen molar-refractivity contribution in [1.82, 2.24) is 9.55 Å². The van der Waals surface area contributed by atoms with Crippen molar-refractivity contribution in [3.05, 3.63) is 52.0 Å². The molecule has 2 aromatic rings. The van der Waals surface area contributed by atoms with E-state index in [0.717, 1.165) is 23.3 Å². The molecule has 0 aliphatic carbocycles. The van der Waals surface area contributed by atoms with Crippen molar-refractivity contribution in [3.63, 3.8) is 0 Å². The zero-order valence-corrected chi connectivity index (χ0v) is 11.2. The van der Waals surface area contributed by atoms with Gasteiger partial charge < -0.3 is 4.57 Å². The minimum Gasteiger partial charge on any atom is -0.334 e. The van der Waals surface area contributed by atoms with E-state index < -0.39 is 0 Å². The van der Waals surface area contributed by atoms with Gasteiger partial charge in [-0.15, -0.1) is 0 Å². The molecule has 3 heteroatoms. The number of aryl methyl sites for hydroxylation is 2. The summed E-state index contributed by atoms with van der Waals surface area (Å²) in [5.41, 5.74) is 2.63. The van der Waals surface area contributed by atoms with Gasteiger partial charge in [-0.2, -0.15) is 0 Å². The van der Waals surface area contributed by atoms with E-state index in [-0.39, 0.29) is 0 Å². The number of nitrogens with zero attached hydrogens (tertiary/aromatic N) is 2. The quantitative estimate of drug-likeness (QED) is 0.843. The van der Waals surface area contributed by atoms with Crippen LogP contribution in [-0.4, -0.2) is 9.55 Å². The van der Waals surface area contributed by atoms with Gasteiger partial charge in [-0.3, -0.25) is 0 Å². The van der Waals surface area contributed by atoms with Crippen LogP contribution in [0.3, 0.4) is 0 Å². The van der Waals surface area contributed by atoms with Crippen LogP contribution in [0.25, 0.3) is 0 Å². The molecule has 84 valence electrons. The fourth-order valence-electron chi connectivity index (χ4n) is 1.79. The van der Waals surface area contributed by atoms with E-state index in [1.807, 2.05) is 13.0 Å².